The molecular formula is C16H25NO2. The van der Waals surface area contributed by atoms with Gasteiger partial charge in [0.2, 0.25) is 5.90 Å². The molecule has 0 bridgehead atoms. The Morgan fingerprint density at radius 1 is 1.16 bits per heavy atom. The summed E-state index contributed by atoms with van der Waals surface area (Å²) in [6, 6.07) is 6.03. The van der Waals surface area contributed by atoms with E-state index in [1.807, 2.05) is 6.92 Å². The highest BCUT2D eigenvalue weighted by atomic mass is 16.5. The Balaban J connectivity index is 0.00000180. The topological polar surface area (TPSA) is 41.8 Å². The number of ether oxygens (including phenoxy) is 1. The van der Waals surface area contributed by atoms with Gasteiger partial charge in [0, 0.05) is 5.56 Å². The first-order chi connectivity index (χ1) is 8.27. The van der Waals surface area contributed by atoms with Gasteiger partial charge < -0.3 is 9.84 Å². The van der Waals surface area contributed by atoms with E-state index in [9.17, 15) is 5.11 Å². The van der Waals surface area contributed by atoms with Crippen molar-refractivity contribution in [1.29, 1.82) is 0 Å². The Kier molecular flexibility index (Phi) is 4.41. The predicted molar refractivity (Wildman–Crippen MR) is 79.8 cm³/mol. The molecule has 2 rings (SSSR count). The standard InChI is InChI=1S/C15H21NO2.CH4/c1-9-6-10(2)8-12(7-9)14-16-13(11(3)18-14)15(4,5)17;/h6-8,11,13,17H,1-5H3;1H4/t11-,13-;/m0./s1. The molecule has 3 heteroatoms. The van der Waals surface area contributed by atoms with E-state index in [1.165, 1.54) is 11.1 Å². The first kappa shape index (κ1) is 15.7. The molecule has 1 aliphatic heterocycles. The molecule has 3 nitrogen and oxygen atoms in total. The van der Waals surface area contributed by atoms with Crippen LogP contribution in [0, 0.1) is 13.8 Å². The van der Waals surface area contributed by atoms with E-state index in [0.29, 0.717) is 5.90 Å². The lowest BCUT2D eigenvalue weighted by Crippen LogP contribution is -2.40. The maximum atomic E-state index is 10.1. The molecular weight excluding hydrogens is 238 g/mol. The van der Waals surface area contributed by atoms with Gasteiger partial charge in [-0.1, -0.05) is 24.6 Å². The normalized spacial score (nSPS) is 22.5. The number of hydrogen-bond acceptors (Lipinski definition) is 3. The Hall–Kier alpha value is -1.35. The van der Waals surface area contributed by atoms with Crippen molar-refractivity contribution in [1.82, 2.24) is 0 Å². The van der Waals surface area contributed by atoms with E-state index < -0.39 is 5.60 Å². The summed E-state index contributed by atoms with van der Waals surface area (Å²) in [4.78, 5) is 4.54. The monoisotopic (exact) mass is 263 g/mol. The van der Waals surface area contributed by atoms with Crippen LogP contribution in [-0.2, 0) is 4.74 Å². The Labute approximate surface area is 116 Å². The third-order valence-corrected chi connectivity index (χ3v) is 3.19. The number of rotatable bonds is 2. The number of hydrogen-bond donors (Lipinski definition) is 1. The Bertz CT molecular complexity index is 466. The molecule has 0 amide bonds. The minimum absolute atomic E-state index is 0. The molecule has 1 heterocycles. The van der Waals surface area contributed by atoms with Crippen LogP contribution in [0.3, 0.4) is 0 Å². The van der Waals surface area contributed by atoms with Gasteiger partial charge in [-0.15, -0.1) is 0 Å². The lowest BCUT2D eigenvalue weighted by Gasteiger charge is -2.25. The SMILES string of the molecule is C.Cc1cc(C)cc(C2=N[C@H](C(C)(C)O)[C@H](C)O2)c1. The van der Waals surface area contributed by atoms with Crippen molar-refractivity contribution in [3.8, 4) is 0 Å². The summed E-state index contributed by atoms with van der Waals surface area (Å²) in [6.07, 6.45) is -0.0965. The summed E-state index contributed by atoms with van der Waals surface area (Å²) < 4.78 is 5.79. The molecule has 0 fully saturated rings. The zero-order valence-electron chi connectivity index (χ0n) is 11.7. The molecule has 1 aliphatic rings. The molecule has 106 valence electrons. The smallest absolute Gasteiger partial charge is 0.216 e. The van der Waals surface area contributed by atoms with Crippen molar-refractivity contribution in [2.24, 2.45) is 4.99 Å². The third-order valence-electron chi connectivity index (χ3n) is 3.19. The predicted octanol–water partition coefficient (Wildman–Crippen LogP) is 3.24. The van der Waals surface area contributed by atoms with Crippen LogP contribution in [0.2, 0.25) is 0 Å². The number of nitrogens with zero attached hydrogens (tertiary/aromatic N) is 1. The largest absolute Gasteiger partial charge is 0.472 e. The van der Waals surface area contributed by atoms with Gasteiger partial charge in [0.05, 0.1) is 5.60 Å². The summed E-state index contributed by atoms with van der Waals surface area (Å²) in [5, 5.41) is 10.1. The molecule has 2 atom stereocenters. The van der Waals surface area contributed by atoms with Gasteiger partial charge >= 0.3 is 0 Å². The van der Waals surface area contributed by atoms with E-state index in [0.717, 1.165) is 5.56 Å². The summed E-state index contributed by atoms with van der Waals surface area (Å²) in [5.74, 6) is 0.640. The Morgan fingerprint density at radius 2 is 1.68 bits per heavy atom. The van der Waals surface area contributed by atoms with Gasteiger partial charge in [0.25, 0.3) is 0 Å². The van der Waals surface area contributed by atoms with Gasteiger partial charge in [-0.25, -0.2) is 4.99 Å². The van der Waals surface area contributed by atoms with E-state index >= 15 is 0 Å². The van der Waals surface area contributed by atoms with Crippen LogP contribution in [0.25, 0.3) is 0 Å². The van der Waals surface area contributed by atoms with E-state index in [4.69, 9.17) is 4.74 Å². The molecule has 0 saturated carbocycles. The van der Waals surface area contributed by atoms with E-state index in [1.54, 1.807) is 13.8 Å². The van der Waals surface area contributed by atoms with Crippen LogP contribution in [0.1, 0.15) is 44.9 Å². The summed E-state index contributed by atoms with van der Waals surface area (Å²) in [5.41, 5.74) is 2.51. The average molecular weight is 263 g/mol. The number of aliphatic hydroxyl groups is 1. The van der Waals surface area contributed by atoms with E-state index in [-0.39, 0.29) is 19.6 Å². The molecule has 0 radical (unpaired) electrons. The highest BCUT2D eigenvalue weighted by Crippen LogP contribution is 2.26. The van der Waals surface area contributed by atoms with Crippen molar-refractivity contribution in [3.63, 3.8) is 0 Å². The lowest BCUT2D eigenvalue weighted by atomic mass is 9.96. The second kappa shape index (κ2) is 5.33. The zero-order valence-corrected chi connectivity index (χ0v) is 11.7. The Morgan fingerprint density at radius 3 is 2.11 bits per heavy atom. The van der Waals surface area contributed by atoms with Gasteiger partial charge in [0.1, 0.15) is 12.1 Å². The summed E-state index contributed by atoms with van der Waals surface area (Å²) >= 11 is 0. The fraction of sp³-hybridized carbons (Fsp3) is 0.562. The van der Waals surface area contributed by atoms with Gasteiger partial charge in [-0.05, 0) is 46.8 Å². The number of aryl methyl sites for hydroxylation is 2. The molecule has 0 spiro atoms. The van der Waals surface area contributed by atoms with Gasteiger partial charge in [-0.3, -0.25) is 0 Å². The quantitative estimate of drug-likeness (QED) is 0.890. The molecule has 0 aromatic heterocycles. The van der Waals surface area contributed by atoms with E-state index in [2.05, 4.69) is 37.0 Å². The number of aliphatic imine (C=N–C) groups is 1. The van der Waals surface area contributed by atoms with Crippen LogP contribution < -0.4 is 0 Å². The minimum atomic E-state index is -0.861. The summed E-state index contributed by atoms with van der Waals surface area (Å²) in [7, 11) is 0. The van der Waals surface area contributed by atoms with Crippen molar-refractivity contribution in [2.45, 2.75) is 59.8 Å². The van der Waals surface area contributed by atoms with Crippen LogP contribution in [0.4, 0.5) is 0 Å². The zero-order chi connectivity index (χ0) is 13.5. The lowest BCUT2D eigenvalue weighted by molar-refractivity contribution is 0.0215. The van der Waals surface area contributed by atoms with Crippen molar-refractivity contribution in [3.05, 3.63) is 34.9 Å². The summed E-state index contributed by atoms with van der Waals surface area (Å²) in [6.45, 7) is 9.60. The minimum Gasteiger partial charge on any atom is -0.472 e. The van der Waals surface area contributed by atoms with Crippen LogP contribution >= 0.6 is 0 Å². The second-order valence-electron chi connectivity index (χ2n) is 5.73. The van der Waals surface area contributed by atoms with Crippen molar-refractivity contribution in [2.75, 3.05) is 0 Å². The van der Waals surface area contributed by atoms with Crippen molar-refractivity contribution < 1.29 is 9.84 Å². The maximum absolute atomic E-state index is 10.1. The fourth-order valence-electron chi connectivity index (χ4n) is 2.48. The highest BCUT2D eigenvalue weighted by molar-refractivity contribution is 5.95. The fourth-order valence-corrected chi connectivity index (χ4v) is 2.48. The first-order valence-corrected chi connectivity index (χ1v) is 6.33. The molecule has 0 aliphatic carbocycles. The average Bonchev–Trinajstić information content (AvgIpc) is 2.58. The first-order valence-electron chi connectivity index (χ1n) is 6.33. The molecule has 19 heavy (non-hydrogen) atoms. The highest BCUT2D eigenvalue weighted by Gasteiger charge is 2.38. The molecule has 0 saturated heterocycles. The van der Waals surface area contributed by atoms with Gasteiger partial charge in [-0.2, -0.15) is 0 Å². The molecule has 1 aromatic rings. The molecule has 1 N–H and O–H groups in total. The van der Waals surface area contributed by atoms with Crippen LogP contribution in [0.15, 0.2) is 23.2 Å². The van der Waals surface area contributed by atoms with Gasteiger partial charge in [0.15, 0.2) is 0 Å². The molecule has 0 unspecified atom stereocenters. The molecule has 1 aromatic carbocycles. The third kappa shape index (κ3) is 3.35. The number of benzene rings is 1. The van der Waals surface area contributed by atoms with Crippen LogP contribution in [0.5, 0.6) is 0 Å². The maximum Gasteiger partial charge on any atom is 0.216 e. The second-order valence-corrected chi connectivity index (χ2v) is 5.73. The van der Waals surface area contributed by atoms with Crippen molar-refractivity contribution >= 4 is 5.90 Å². The van der Waals surface area contributed by atoms with Crippen LogP contribution in [-0.4, -0.2) is 28.8 Å².